The molecule has 4 atom stereocenters. The molecular weight excluding hydrogens is 546 g/mol. The number of carbonyl (C=O) groups is 3. The van der Waals surface area contributed by atoms with Crippen molar-refractivity contribution in [2.75, 3.05) is 6.61 Å². The molecule has 12 nitrogen and oxygen atoms in total. The number of aromatic nitrogens is 3. The minimum absolute atomic E-state index is 0.0666. The zero-order valence-electron chi connectivity index (χ0n) is 22.2. The molecular formula is C30H25N3O9. The van der Waals surface area contributed by atoms with Gasteiger partial charge < -0.3 is 18.9 Å². The number of rotatable bonds is 8. The van der Waals surface area contributed by atoms with Crippen LogP contribution in [0.15, 0.2) is 101 Å². The Morgan fingerprint density at radius 3 is 1.76 bits per heavy atom. The van der Waals surface area contributed by atoms with Crippen molar-refractivity contribution in [3.05, 3.63) is 134 Å². The van der Waals surface area contributed by atoms with Crippen molar-refractivity contribution in [3.63, 3.8) is 0 Å². The van der Waals surface area contributed by atoms with E-state index in [9.17, 15) is 24.0 Å². The maximum Gasteiger partial charge on any atom is 0.347 e. The van der Waals surface area contributed by atoms with E-state index >= 15 is 0 Å². The number of H-pyrrole nitrogens is 1. The van der Waals surface area contributed by atoms with Crippen LogP contribution < -0.4 is 11.2 Å². The number of esters is 3. The van der Waals surface area contributed by atoms with E-state index < -0.39 is 60.3 Å². The molecule has 0 aliphatic carbocycles. The van der Waals surface area contributed by atoms with Crippen LogP contribution >= 0.6 is 0 Å². The summed E-state index contributed by atoms with van der Waals surface area (Å²) in [5.74, 6) is -2.25. The molecule has 0 radical (unpaired) electrons. The summed E-state index contributed by atoms with van der Waals surface area (Å²) in [6.45, 7) is 0.939. The minimum atomic E-state index is -1.46. The predicted molar refractivity (Wildman–Crippen MR) is 146 cm³/mol. The average Bonchev–Trinajstić information content (AvgIpc) is 3.34. The molecule has 42 heavy (non-hydrogen) atoms. The third kappa shape index (κ3) is 6.18. The standard InChI is InChI=1S/C30H25N3O9/c1-18-25(34)31-30(38)33(32-18)26-24(42-29(37)21-15-9-4-10-16-21)23(41-28(36)20-13-7-3-8-14-20)22(40-26)17-39-27(35)19-11-5-2-6-12-19/h2-16,22-24,26H,17H2,1H3,(H,31,34,38)/t22-,23-,24+,26+/m1/s1. The van der Waals surface area contributed by atoms with Gasteiger partial charge in [-0.1, -0.05) is 54.6 Å². The monoisotopic (exact) mass is 571 g/mol. The number of hydrogen-bond acceptors (Lipinski definition) is 10. The van der Waals surface area contributed by atoms with Gasteiger partial charge in [-0.2, -0.15) is 9.78 Å². The highest BCUT2D eigenvalue weighted by Crippen LogP contribution is 2.34. The van der Waals surface area contributed by atoms with Crippen LogP contribution in [0.1, 0.15) is 43.0 Å². The summed E-state index contributed by atoms with van der Waals surface area (Å²) >= 11 is 0. The van der Waals surface area contributed by atoms with Crippen LogP contribution in [0.5, 0.6) is 0 Å². The Balaban J connectivity index is 1.52. The molecule has 1 aliphatic heterocycles. The fourth-order valence-corrected chi connectivity index (χ4v) is 4.32. The van der Waals surface area contributed by atoms with Gasteiger partial charge in [0.1, 0.15) is 18.4 Å². The second-order valence-electron chi connectivity index (χ2n) is 9.29. The van der Waals surface area contributed by atoms with Crippen molar-refractivity contribution >= 4 is 17.9 Å². The maximum atomic E-state index is 13.2. The summed E-state index contributed by atoms with van der Waals surface area (Å²) in [5.41, 5.74) is -1.08. The fourth-order valence-electron chi connectivity index (χ4n) is 4.32. The van der Waals surface area contributed by atoms with Gasteiger partial charge in [-0.15, -0.1) is 0 Å². The number of benzene rings is 3. The Hall–Kier alpha value is -5.36. The number of ether oxygens (including phenoxy) is 4. The van der Waals surface area contributed by atoms with Gasteiger partial charge in [-0.25, -0.2) is 19.2 Å². The van der Waals surface area contributed by atoms with Crippen LogP contribution in [0.2, 0.25) is 0 Å². The Bertz CT molecular complexity index is 1690. The van der Waals surface area contributed by atoms with Crippen LogP contribution in [-0.2, 0) is 18.9 Å². The van der Waals surface area contributed by atoms with Gasteiger partial charge in [0.25, 0.3) is 5.56 Å². The summed E-state index contributed by atoms with van der Waals surface area (Å²) in [6, 6.07) is 24.3. The molecule has 1 aliphatic rings. The van der Waals surface area contributed by atoms with Gasteiger partial charge >= 0.3 is 23.6 Å². The first-order valence-electron chi connectivity index (χ1n) is 12.9. The lowest BCUT2D eigenvalue weighted by molar-refractivity contribution is -0.0701. The fraction of sp³-hybridized carbons (Fsp3) is 0.200. The number of aryl methyl sites for hydroxylation is 1. The highest BCUT2D eigenvalue weighted by molar-refractivity contribution is 5.91. The van der Waals surface area contributed by atoms with Crippen LogP contribution in [0.3, 0.4) is 0 Å². The van der Waals surface area contributed by atoms with Gasteiger partial charge in [-0.05, 0) is 43.3 Å². The minimum Gasteiger partial charge on any atom is -0.459 e. The summed E-state index contributed by atoms with van der Waals surface area (Å²) in [4.78, 5) is 66.0. The van der Waals surface area contributed by atoms with E-state index in [0.717, 1.165) is 4.68 Å². The van der Waals surface area contributed by atoms with E-state index in [2.05, 4.69) is 10.1 Å². The SMILES string of the molecule is Cc1nn([C@H]2O[C@H](COC(=O)c3ccccc3)[C@@H](OC(=O)c3ccccc3)[C@@H]2OC(=O)c2ccccc2)c(=O)[nH]c1=O. The molecule has 3 aromatic carbocycles. The van der Waals surface area contributed by atoms with Crippen LogP contribution in [0, 0.1) is 6.92 Å². The Labute approximate surface area is 238 Å². The summed E-state index contributed by atoms with van der Waals surface area (Å²) in [5, 5.41) is 4.03. The number of nitrogens with one attached hydrogen (secondary N) is 1. The van der Waals surface area contributed by atoms with E-state index in [1.54, 1.807) is 66.7 Å². The number of hydrogen-bond donors (Lipinski definition) is 1. The lowest BCUT2D eigenvalue weighted by Gasteiger charge is -2.24. The van der Waals surface area contributed by atoms with E-state index in [1.165, 1.54) is 31.2 Å². The Morgan fingerprint density at radius 2 is 1.24 bits per heavy atom. The Morgan fingerprint density at radius 1 is 0.762 bits per heavy atom. The molecule has 1 fully saturated rings. The summed E-state index contributed by atoms with van der Waals surface area (Å²) in [6.07, 6.45) is -5.47. The first kappa shape index (κ1) is 28.2. The third-order valence-electron chi connectivity index (χ3n) is 6.43. The quantitative estimate of drug-likeness (QED) is 0.246. The van der Waals surface area contributed by atoms with Gasteiger partial charge in [0.2, 0.25) is 0 Å². The predicted octanol–water partition coefficient (Wildman–Crippen LogP) is 2.45. The molecule has 2 heterocycles. The molecule has 12 heteroatoms. The number of nitrogens with zero attached hydrogens (tertiary/aromatic N) is 2. The largest absolute Gasteiger partial charge is 0.459 e. The topological polar surface area (TPSA) is 156 Å². The summed E-state index contributed by atoms with van der Waals surface area (Å²) < 4.78 is 23.9. The zero-order chi connectivity index (χ0) is 29.6. The van der Waals surface area contributed by atoms with Crippen molar-refractivity contribution in [1.29, 1.82) is 0 Å². The van der Waals surface area contributed by atoms with Crippen molar-refractivity contribution in [1.82, 2.24) is 14.8 Å². The van der Waals surface area contributed by atoms with Gasteiger partial charge in [0, 0.05) is 0 Å². The van der Waals surface area contributed by atoms with Crippen molar-refractivity contribution < 1.29 is 33.3 Å². The Kier molecular flexibility index (Phi) is 8.34. The molecule has 5 rings (SSSR count). The highest BCUT2D eigenvalue weighted by Gasteiger charge is 2.52. The lowest BCUT2D eigenvalue weighted by atomic mass is 10.1. The van der Waals surface area contributed by atoms with E-state index in [4.69, 9.17) is 18.9 Å². The number of carbonyl (C=O) groups excluding carboxylic acids is 3. The molecule has 0 bridgehead atoms. The summed E-state index contributed by atoms with van der Waals surface area (Å²) in [7, 11) is 0. The third-order valence-corrected chi connectivity index (χ3v) is 6.43. The van der Waals surface area contributed by atoms with E-state index in [-0.39, 0.29) is 22.4 Å². The smallest absolute Gasteiger partial charge is 0.347 e. The van der Waals surface area contributed by atoms with Crippen LogP contribution in [-0.4, -0.2) is 57.6 Å². The molecule has 0 spiro atoms. The van der Waals surface area contributed by atoms with Crippen molar-refractivity contribution in [2.24, 2.45) is 0 Å². The highest BCUT2D eigenvalue weighted by atomic mass is 16.7. The zero-order valence-corrected chi connectivity index (χ0v) is 22.2. The molecule has 1 N–H and O–H groups in total. The van der Waals surface area contributed by atoms with E-state index in [1.807, 2.05) is 0 Å². The molecule has 0 unspecified atom stereocenters. The first-order valence-corrected chi connectivity index (χ1v) is 12.9. The average molecular weight is 572 g/mol. The number of aromatic amines is 1. The maximum absolute atomic E-state index is 13.2. The van der Waals surface area contributed by atoms with Crippen LogP contribution in [0.4, 0.5) is 0 Å². The molecule has 0 amide bonds. The van der Waals surface area contributed by atoms with Crippen molar-refractivity contribution in [2.45, 2.75) is 31.5 Å². The second-order valence-corrected chi connectivity index (χ2v) is 9.29. The van der Waals surface area contributed by atoms with Crippen molar-refractivity contribution in [3.8, 4) is 0 Å². The van der Waals surface area contributed by atoms with Gasteiger partial charge in [0.15, 0.2) is 18.4 Å². The molecule has 1 aromatic heterocycles. The van der Waals surface area contributed by atoms with Crippen LogP contribution in [0.25, 0.3) is 0 Å². The van der Waals surface area contributed by atoms with Gasteiger partial charge in [-0.3, -0.25) is 9.78 Å². The first-order chi connectivity index (χ1) is 20.3. The molecule has 4 aromatic rings. The molecule has 214 valence electrons. The normalized spacial score (nSPS) is 19.5. The molecule has 1 saturated heterocycles. The van der Waals surface area contributed by atoms with E-state index in [0.29, 0.717) is 0 Å². The molecule has 0 saturated carbocycles. The van der Waals surface area contributed by atoms with Gasteiger partial charge in [0.05, 0.1) is 16.7 Å². The second kappa shape index (κ2) is 12.4. The lowest BCUT2D eigenvalue weighted by Crippen LogP contribution is -2.44.